The van der Waals surface area contributed by atoms with Gasteiger partial charge in [-0.15, -0.1) is 0 Å². The molecule has 1 rings (SSSR count). The Hall–Kier alpha value is -0.653. The normalized spacial score (nSPS) is 12.6. The van der Waals surface area contributed by atoms with E-state index in [1.54, 1.807) is 12.1 Å². The van der Waals surface area contributed by atoms with Crippen LogP contribution in [0.3, 0.4) is 0 Å². The van der Waals surface area contributed by atoms with Gasteiger partial charge in [-0.05, 0) is 43.3 Å². The van der Waals surface area contributed by atoms with Crippen molar-refractivity contribution in [3.05, 3.63) is 29.8 Å². The second-order valence-electron chi connectivity index (χ2n) is 5.40. The van der Waals surface area contributed by atoms with E-state index in [9.17, 15) is 8.42 Å². The SMILES string of the molecule is CCCC[Si](C)(C)OS(=O)(=O)c1ccc(CC)cc1. The minimum absolute atomic E-state index is 0.266. The smallest absolute Gasteiger partial charge is 0.287 e. The van der Waals surface area contributed by atoms with Gasteiger partial charge < -0.3 is 3.87 Å². The third-order valence-electron chi connectivity index (χ3n) is 3.09. The molecule has 0 saturated heterocycles. The Morgan fingerprint density at radius 1 is 1.11 bits per heavy atom. The highest BCUT2D eigenvalue weighted by molar-refractivity contribution is 7.87. The second kappa shape index (κ2) is 6.68. The van der Waals surface area contributed by atoms with E-state index in [-0.39, 0.29) is 4.90 Å². The minimum atomic E-state index is -3.61. The van der Waals surface area contributed by atoms with Crippen LogP contribution >= 0.6 is 0 Å². The van der Waals surface area contributed by atoms with Crippen molar-refractivity contribution in [2.24, 2.45) is 0 Å². The molecule has 5 heteroatoms. The van der Waals surface area contributed by atoms with Crippen LogP contribution in [0, 0.1) is 0 Å². The Balaban J connectivity index is 2.85. The fraction of sp³-hybridized carbons (Fsp3) is 0.571. The van der Waals surface area contributed by atoms with Crippen LogP contribution in [0.5, 0.6) is 0 Å². The molecule has 3 nitrogen and oxygen atoms in total. The molecule has 0 fully saturated rings. The lowest BCUT2D eigenvalue weighted by atomic mass is 10.2. The maximum Gasteiger partial charge on any atom is 0.287 e. The summed E-state index contributed by atoms with van der Waals surface area (Å²) in [6.07, 6.45) is 2.98. The van der Waals surface area contributed by atoms with Gasteiger partial charge in [0, 0.05) is 0 Å². The van der Waals surface area contributed by atoms with Crippen molar-refractivity contribution in [3.8, 4) is 0 Å². The van der Waals surface area contributed by atoms with E-state index in [1.807, 2.05) is 32.2 Å². The Morgan fingerprint density at radius 3 is 2.16 bits per heavy atom. The molecule has 0 aliphatic rings. The molecule has 19 heavy (non-hydrogen) atoms. The number of aryl methyl sites for hydroxylation is 1. The lowest BCUT2D eigenvalue weighted by Gasteiger charge is -2.21. The van der Waals surface area contributed by atoms with Gasteiger partial charge in [-0.2, -0.15) is 8.42 Å². The highest BCUT2D eigenvalue weighted by Gasteiger charge is 2.30. The number of rotatable bonds is 7. The lowest BCUT2D eigenvalue weighted by molar-refractivity contribution is 0.480. The maximum absolute atomic E-state index is 12.2. The number of unbranched alkanes of at least 4 members (excludes halogenated alkanes) is 1. The molecule has 0 atom stereocenters. The minimum Gasteiger partial charge on any atom is -0.312 e. The van der Waals surface area contributed by atoms with Gasteiger partial charge in [0.1, 0.15) is 0 Å². The monoisotopic (exact) mass is 300 g/mol. The van der Waals surface area contributed by atoms with Gasteiger partial charge in [0.15, 0.2) is 0 Å². The molecule has 1 aromatic rings. The average Bonchev–Trinajstić information content (AvgIpc) is 2.35. The van der Waals surface area contributed by atoms with E-state index in [2.05, 4.69) is 6.92 Å². The van der Waals surface area contributed by atoms with Crippen molar-refractivity contribution in [1.82, 2.24) is 0 Å². The van der Waals surface area contributed by atoms with E-state index in [0.29, 0.717) is 0 Å². The second-order valence-corrected chi connectivity index (χ2v) is 11.5. The van der Waals surface area contributed by atoms with Crippen molar-refractivity contribution in [2.45, 2.75) is 57.1 Å². The average molecular weight is 300 g/mol. The highest BCUT2D eigenvalue weighted by Crippen LogP contribution is 2.22. The molecule has 0 N–H and O–H groups in total. The molecule has 0 unspecified atom stereocenters. The molecular formula is C14H24O3SSi. The molecule has 0 heterocycles. The summed E-state index contributed by atoms with van der Waals surface area (Å²) >= 11 is 0. The largest absolute Gasteiger partial charge is 0.312 e. The van der Waals surface area contributed by atoms with E-state index >= 15 is 0 Å². The van der Waals surface area contributed by atoms with Crippen molar-refractivity contribution in [2.75, 3.05) is 0 Å². The van der Waals surface area contributed by atoms with Crippen LogP contribution in [-0.2, 0) is 20.4 Å². The van der Waals surface area contributed by atoms with Crippen LogP contribution in [0.25, 0.3) is 0 Å². The van der Waals surface area contributed by atoms with Crippen molar-refractivity contribution in [1.29, 1.82) is 0 Å². The molecule has 0 aliphatic heterocycles. The third-order valence-corrected chi connectivity index (χ3v) is 8.18. The van der Waals surface area contributed by atoms with Gasteiger partial charge in [0.05, 0.1) is 4.90 Å². The van der Waals surface area contributed by atoms with E-state index in [4.69, 9.17) is 3.87 Å². The molecule has 0 aromatic heterocycles. The van der Waals surface area contributed by atoms with Gasteiger partial charge in [-0.1, -0.05) is 38.8 Å². The first kappa shape index (κ1) is 16.4. The summed E-state index contributed by atoms with van der Waals surface area (Å²) in [7, 11) is -5.76. The fourth-order valence-electron chi connectivity index (χ4n) is 1.88. The molecule has 0 saturated carbocycles. The van der Waals surface area contributed by atoms with Crippen LogP contribution < -0.4 is 0 Å². The molecule has 0 bridgehead atoms. The van der Waals surface area contributed by atoms with Crippen LogP contribution in [0.4, 0.5) is 0 Å². The topological polar surface area (TPSA) is 43.4 Å². The number of hydrogen-bond acceptors (Lipinski definition) is 3. The van der Waals surface area contributed by atoms with Crippen LogP contribution in [0.15, 0.2) is 29.2 Å². The molecule has 0 radical (unpaired) electrons. The molecule has 0 spiro atoms. The first-order chi connectivity index (χ1) is 8.80. The van der Waals surface area contributed by atoms with E-state index in [1.165, 1.54) is 0 Å². The molecule has 0 aliphatic carbocycles. The number of hydrogen-bond donors (Lipinski definition) is 0. The predicted octanol–water partition coefficient (Wildman–Crippen LogP) is 3.96. The van der Waals surface area contributed by atoms with Gasteiger partial charge in [-0.25, -0.2) is 0 Å². The molecule has 1 aromatic carbocycles. The molecule has 108 valence electrons. The van der Waals surface area contributed by atoms with Crippen molar-refractivity contribution >= 4 is 18.4 Å². The Bertz CT molecular complexity index is 492. The summed E-state index contributed by atoms with van der Waals surface area (Å²) in [6.45, 7) is 8.06. The maximum atomic E-state index is 12.2. The Morgan fingerprint density at radius 2 is 1.68 bits per heavy atom. The van der Waals surface area contributed by atoms with Crippen LogP contribution in [0.2, 0.25) is 19.1 Å². The summed E-state index contributed by atoms with van der Waals surface area (Å²) in [6, 6.07) is 7.83. The van der Waals surface area contributed by atoms with Gasteiger partial charge in [-0.3, -0.25) is 0 Å². The summed E-state index contributed by atoms with van der Waals surface area (Å²) in [5.41, 5.74) is 1.13. The number of benzene rings is 1. The molecular weight excluding hydrogens is 276 g/mol. The zero-order valence-electron chi connectivity index (χ0n) is 12.3. The van der Waals surface area contributed by atoms with E-state index < -0.39 is 18.4 Å². The first-order valence-corrected chi connectivity index (χ1v) is 11.4. The van der Waals surface area contributed by atoms with Crippen molar-refractivity contribution < 1.29 is 12.3 Å². The standard InChI is InChI=1S/C14H24O3SSi/c1-5-7-12-19(3,4)17-18(15,16)14-10-8-13(6-2)9-11-14/h8-11H,5-7,12H2,1-4H3. The van der Waals surface area contributed by atoms with Gasteiger partial charge in [0.2, 0.25) is 8.32 Å². The quantitative estimate of drug-likeness (QED) is 0.716. The fourth-order valence-corrected chi connectivity index (χ4v) is 6.65. The molecule has 0 amide bonds. The van der Waals surface area contributed by atoms with Crippen molar-refractivity contribution in [3.63, 3.8) is 0 Å². The summed E-state index contributed by atoms with van der Waals surface area (Å²) in [5, 5.41) is 0. The Kier molecular flexibility index (Phi) is 5.76. The third kappa shape index (κ3) is 5.08. The predicted molar refractivity (Wildman–Crippen MR) is 81.3 cm³/mol. The summed E-state index contributed by atoms with van der Waals surface area (Å²) in [4.78, 5) is 0.266. The lowest BCUT2D eigenvalue weighted by Crippen LogP contribution is -2.33. The highest BCUT2D eigenvalue weighted by atomic mass is 32.2. The first-order valence-electron chi connectivity index (χ1n) is 6.85. The van der Waals surface area contributed by atoms with Crippen LogP contribution in [0.1, 0.15) is 32.3 Å². The van der Waals surface area contributed by atoms with E-state index in [0.717, 1.165) is 30.9 Å². The van der Waals surface area contributed by atoms with Gasteiger partial charge >= 0.3 is 0 Å². The zero-order chi connectivity index (χ0) is 14.5. The zero-order valence-corrected chi connectivity index (χ0v) is 14.1. The summed E-state index contributed by atoms with van der Waals surface area (Å²) < 4.78 is 29.9. The Labute approximate surface area is 118 Å². The van der Waals surface area contributed by atoms with Gasteiger partial charge in [0.25, 0.3) is 10.1 Å². The summed E-state index contributed by atoms with van der Waals surface area (Å²) in [5.74, 6) is 0. The van der Waals surface area contributed by atoms with Crippen LogP contribution in [-0.4, -0.2) is 16.7 Å².